The highest BCUT2D eigenvalue weighted by atomic mass is 35.5. The van der Waals surface area contributed by atoms with Gasteiger partial charge in [-0.15, -0.1) is 0 Å². The zero-order valence-corrected chi connectivity index (χ0v) is 22.6. The maximum atomic E-state index is 13.0. The Hall–Kier alpha value is -2.61. The summed E-state index contributed by atoms with van der Waals surface area (Å²) in [6.07, 6.45) is -0.210. The average Bonchev–Trinajstić information content (AvgIpc) is 2.91. The number of esters is 1. The van der Waals surface area contributed by atoms with Crippen LogP contribution in [0.2, 0.25) is 15.1 Å². The highest BCUT2D eigenvalue weighted by molar-refractivity contribution is 6.39. The van der Waals surface area contributed by atoms with Gasteiger partial charge in [-0.2, -0.15) is 0 Å². The van der Waals surface area contributed by atoms with Crippen LogP contribution in [-0.4, -0.2) is 61.5 Å². The van der Waals surface area contributed by atoms with Crippen molar-refractivity contribution in [2.45, 2.75) is 12.7 Å². The lowest BCUT2D eigenvalue weighted by molar-refractivity contribution is 0.00341. The molecule has 4 rings (SSSR count). The first-order valence-corrected chi connectivity index (χ1v) is 13.0. The number of ether oxygens (including phenoxy) is 2. The second-order valence-electron chi connectivity index (χ2n) is 8.73. The van der Waals surface area contributed by atoms with E-state index in [4.69, 9.17) is 44.3 Å². The third kappa shape index (κ3) is 7.03. The van der Waals surface area contributed by atoms with Gasteiger partial charge in [0.25, 0.3) is 5.91 Å². The molecule has 0 radical (unpaired) electrons. The lowest BCUT2D eigenvalue weighted by atomic mass is 10.1. The van der Waals surface area contributed by atoms with E-state index in [0.29, 0.717) is 65.5 Å². The van der Waals surface area contributed by atoms with Gasteiger partial charge in [-0.1, -0.05) is 65.1 Å². The van der Waals surface area contributed by atoms with Crippen molar-refractivity contribution < 1.29 is 19.1 Å². The van der Waals surface area contributed by atoms with Crippen molar-refractivity contribution in [2.24, 2.45) is 0 Å². The third-order valence-corrected chi connectivity index (χ3v) is 7.21. The minimum Gasteiger partial charge on any atom is -0.465 e. The van der Waals surface area contributed by atoms with E-state index in [0.717, 1.165) is 11.1 Å². The van der Waals surface area contributed by atoms with Crippen LogP contribution in [0, 0.1) is 0 Å². The van der Waals surface area contributed by atoms with Crippen molar-refractivity contribution in [1.29, 1.82) is 0 Å². The molecule has 1 heterocycles. The number of carbonyl (C=O) groups is 2. The molecule has 0 aromatic heterocycles. The summed E-state index contributed by atoms with van der Waals surface area (Å²) in [4.78, 5) is 28.8. The van der Waals surface area contributed by atoms with Crippen LogP contribution in [0.15, 0.2) is 66.7 Å². The van der Waals surface area contributed by atoms with Gasteiger partial charge in [-0.25, -0.2) is 4.79 Å². The molecular formula is C28H27Cl3N2O4. The smallest absolute Gasteiger partial charge is 0.337 e. The number of benzene rings is 3. The first kappa shape index (κ1) is 27.4. The van der Waals surface area contributed by atoms with Crippen molar-refractivity contribution in [2.75, 3.05) is 39.8 Å². The minimum absolute atomic E-state index is 0.156. The van der Waals surface area contributed by atoms with Crippen LogP contribution in [0.4, 0.5) is 0 Å². The predicted molar refractivity (Wildman–Crippen MR) is 146 cm³/mol. The first-order valence-electron chi connectivity index (χ1n) is 11.9. The summed E-state index contributed by atoms with van der Waals surface area (Å²) in [6.45, 7) is 3.52. The van der Waals surface area contributed by atoms with Gasteiger partial charge in [0.05, 0.1) is 41.0 Å². The van der Waals surface area contributed by atoms with Crippen molar-refractivity contribution >= 4 is 46.7 Å². The minimum atomic E-state index is -0.374. The van der Waals surface area contributed by atoms with Crippen LogP contribution in [0.25, 0.3) is 0 Å². The number of amides is 1. The zero-order valence-electron chi connectivity index (χ0n) is 20.3. The number of halogens is 3. The van der Waals surface area contributed by atoms with E-state index in [2.05, 4.69) is 4.90 Å². The Morgan fingerprint density at radius 3 is 2.08 bits per heavy atom. The van der Waals surface area contributed by atoms with E-state index in [-0.39, 0.29) is 18.0 Å². The Morgan fingerprint density at radius 1 is 0.865 bits per heavy atom. The van der Waals surface area contributed by atoms with Gasteiger partial charge in [0, 0.05) is 37.7 Å². The molecule has 9 heteroatoms. The normalized spacial score (nSPS) is 14.9. The molecule has 1 saturated heterocycles. The van der Waals surface area contributed by atoms with Crippen LogP contribution < -0.4 is 0 Å². The van der Waals surface area contributed by atoms with Gasteiger partial charge in [0.15, 0.2) is 0 Å². The van der Waals surface area contributed by atoms with Crippen LogP contribution in [-0.2, 0) is 16.1 Å². The Morgan fingerprint density at radius 2 is 1.49 bits per heavy atom. The van der Waals surface area contributed by atoms with E-state index < -0.39 is 0 Å². The molecule has 1 fully saturated rings. The van der Waals surface area contributed by atoms with Gasteiger partial charge < -0.3 is 14.4 Å². The fourth-order valence-electron chi connectivity index (χ4n) is 4.21. The largest absolute Gasteiger partial charge is 0.465 e. The summed E-state index contributed by atoms with van der Waals surface area (Å²) < 4.78 is 11.1. The SMILES string of the molecule is COC(=O)c1ccc(COC(CN2CCN(C(=O)c3c(Cl)cccc3Cl)CC2)c2ccc(Cl)cc2)cc1. The summed E-state index contributed by atoms with van der Waals surface area (Å²) >= 11 is 18.6. The Labute approximate surface area is 231 Å². The number of hydrogen-bond acceptors (Lipinski definition) is 5. The van der Waals surface area contributed by atoms with Crippen LogP contribution >= 0.6 is 34.8 Å². The summed E-state index contributed by atoms with van der Waals surface area (Å²) in [6, 6.07) is 19.9. The lowest BCUT2D eigenvalue weighted by Crippen LogP contribution is -2.49. The van der Waals surface area contributed by atoms with Crippen LogP contribution in [0.5, 0.6) is 0 Å². The van der Waals surface area contributed by atoms with E-state index in [1.807, 2.05) is 36.4 Å². The number of methoxy groups -OCH3 is 1. The van der Waals surface area contributed by atoms with Gasteiger partial charge in [0.1, 0.15) is 0 Å². The van der Waals surface area contributed by atoms with Crippen molar-refractivity contribution in [1.82, 2.24) is 9.80 Å². The predicted octanol–water partition coefficient (Wildman–Crippen LogP) is 6.15. The molecule has 1 atom stereocenters. The fourth-order valence-corrected chi connectivity index (χ4v) is 4.90. The standard InChI is InChI=1S/C28H27Cl3N2O4/c1-36-28(35)21-7-5-19(6-8-21)18-37-25(20-9-11-22(29)12-10-20)17-32-13-15-33(16-14-32)27(34)26-23(30)3-2-4-24(26)31/h2-12,25H,13-18H2,1H3. The molecular weight excluding hydrogens is 535 g/mol. The average molecular weight is 562 g/mol. The van der Waals surface area contributed by atoms with Gasteiger partial charge in [-0.3, -0.25) is 9.69 Å². The highest BCUT2D eigenvalue weighted by Gasteiger charge is 2.27. The first-order chi connectivity index (χ1) is 17.9. The molecule has 37 heavy (non-hydrogen) atoms. The monoisotopic (exact) mass is 560 g/mol. The van der Waals surface area contributed by atoms with Crippen molar-refractivity contribution in [3.8, 4) is 0 Å². The summed E-state index contributed by atoms with van der Waals surface area (Å²) in [5.41, 5.74) is 2.79. The molecule has 194 valence electrons. The quantitative estimate of drug-likeness (QED) is 0.309. The molecule has 3 aromatic carbocycles. The molecule has 0 aliphatic carbocycles. The molecule has 0 bridgehead atoms. The zero-order chi connectivity index (χ0) is 26.4. The topological polar surface area (TPSA) is 59.1 Å². The lowest BCUT2D eigenvalue weighted by Gasteiger charge is -2.36. The molecule has 3 aromatic rings. The van der Waals surface area contributed by atoms with Crippen molar-refractivity contribution in [3.63, 3.8) is 0 Å². The number of rotatable bonds is 8. The number of carbonyl (C=O) groups excluding carboxylic acids is 2. The van der Waals surface area contributed by atoms with Gasteiger partial charge in [0.2, 0.25) is 0 Å². The molecule has 1 amide bonds. The Kier molecular flexibility index (Phi) is 9.46. The number of piperazine rings is 1. The van der Waals surface area contributed by atoms with Crippen LogP contribution in [0.3, 0.4) is 0 Å². The third-order valence-electron chi connectivity index (χ3n) is 6.33. The summed E-state index contributed by atoms with van der Waals surface area (Å²) in [5.74, 6) is -0.530. The molecule has 0 saturated carbocycles. The van der Waals surface area contributed by atoms with Gasteiger partial charge in [-0.05, 0) is 47.5 Å². The number of hydrogen-bond donors (Lipinski definition) is 0. The maximum Gasteiger partial charge on any atom is 0.337 e. The van der Waals surface area contributed by atoms with Crippen molar-refractivity contribution in [3.05, 3.63) is 104 Å². The molecule has 0 N–H and O–H groups in total. The second kappa shape index (κ2) is 12.8. The second-order valence-corrected chi connectivity index (χ2v) is 9.98. The molecule has 1 unspecified atom stereocenters. The van der Waals surface area contributed by atoms with E-state index in [1.165, 1.54) is 7.11 Å². The van der Waals surface area contributed by atoms with Crippen LogP contribution in [0.1, 0.15) is 37.9 Å². The maximum absolute atomic E-state index is 13.0. The van der Waals surface area contributed by atoms with E-state index in [1.54, 1.807) is 35.2 Å². The van der Waals surface area contributed by atoms with Gasteiger partial charge >= 0.3 is 5.97 Å². The molecule has 1 aliphatic heterocycles. The highest BCUT2D eigenvalue weighted by Crippen LogP contribution is 2.27. The summed E-state index contributed by atoms with van der Waals surface area (Å²) in [5, 5.41) is 1.37. The Bertz CT molecular complexity index is 1210. The fraction of sp³-hybridized carbons (Fsp3) is 0.286. The van der Waals surface area contributed by atoms with E-state index in [9.17, 15) is 9.59 Å². The molecule has 0 spiro atoms. The summed E-state index contributed by atoms with van der Waals surface area (Å²) in [7, 11) is 1.36. The molecule has 1 aliphatic rings. The molecule has 6 nitrogen and oxygen atoms in total. The number of nitrogens with zero attached hydrogens (tertiary/aromatic N) is 2. The van der Waals surface area contributed by atoms with E-state index >= 15 is 0 Å². The Balaban J connectivity index is 1.40.